The lowest BCUT2D eigenvalue weighted by atomic mass is 9.87. The summed E-state index contributed by atoms with van der Waals surface area (Å²) in [5.74, 6) is 1.51. The van der Waals surface area contributed by atoms with Gasteiger partial charge in [0.1, 0.15) is 12.4 Å². The molecule has 0 fully saturated rings. The van der Waals surface area contributed by atoms with Gasteiger partial charge >= 0.3 is 0 Å². The van der Waals surface area contributed by atoms with E-state index in [1.165, 1.54) is 17.3 Å². The molecule has 0 aliphatic rings. The molecule has 6 nitrogen and oxygen atoms in total. The molecule has 1 heterocycles. The molecule has 0 saturated heterocycles. The van der Waals surface area contributed by atoms with Crippen LogP contribution in [-0.4, -0.2) is 26.4 Å². The highest BCUT2D eigenvalue weighted by Crippen LogP contribution is 2.28. The highest BCUT2D eigenvalue weighted by atomic mass is 32.2. The van der Waals surface area contributed by atoms with Crippen LogP contribution in [0.15, 0.2) is 102 Å². The van der Waals surface area contributed by atoms with Gasteiger partial charge in [-0.2, -0.15) is 0 Å². The third kappa shape index (κ3) is 5.89. The molecular weight excluding hydrogens is 492 g/mol. The van der Waals surface area contributed by atoms with E-state index < -0.39 is 0 Å². The summed E-state index contributed by atoms with van der Waals surface area (Å²) >= 11 is 1.35. The highest BCUT2D eigenvalue weighted by molar-refractivity contribution is 7.99. The monoisotopic (exact) mass is 522 g/mol. The maximum absolute atomic E-state index is 12.9. The second-order valence-electron chi connectivity index (χ2n) is 10.00. The minimum absolute atomic E-state index is 0.0439. The maximum atomic E-state index is 12.9. The van der Waals surface area contributed by atoms with Gasteiger partial charge in [-0.1, -0.05) is 99.3 Å². The number of rotatable bonds is 8. The molecule has 1 amide bonds. The Balaban J connectivity index is 1.37. The summed E-state index contributed by atoms with van der Waals surface area (Å²) in [5.41, 5.74) is 3.00. The Labute approximate surface area is 227 Å². The van der Waals surface area contributed by atoms with E-state index in [-0.39, 0.29) is 23.7 Å². The summed E-state index contributed by atoms with van der Waals surface area (Å²) in [7, 11) is 0. The number of fused-ring (bicyclic) bond motifs is 1. The number of nitrogens with zero attached hydrogens (tertiary/aromatic N) is 3. The Bertz CT molecular complexity index is 1540. The molecule has 0 atom stereocenters. The van der Waals surface area contributed by atoms with Crippen LogP contribution in [0.4, 0.5) is 5.69 Å². The van der Waals surface area contributed by atoms with E-state index in [1.54, 1.807) is 0 Å². The average Bonchev–Trinajstić information content (AvgIpc) is 3.34. The summed E-state index contributed by atoms with van der Waals surface area (Å²) in [6.07, 6.45) is 0. The van der Waals surface area contributed by atoms with Crippen molar-refractivity contribution in [1.82, 2.24) is 14.8 Å². The lowest BCUT2D eigenvalue weighted by Gasteiger charge is -2.19. The van der Waals surface area contributed by atoms with Crippen LogP contribution >= 0.6 is 11.8 Å². The fourth-order valence-corrected chi connectivity index (χ4v) is 4.94. The molecule has 0 aliphatic heterocycles. The van der Waals surface area contributed by atoms with Crippen LogP contribution in [0.25, 0.3) is 16.5 Å². The molecule has 1 aromatic heterocycles. The first-order chi connectivity index (χ1) is 18.4. The Morgan fingerprint density at radius 2 is 1.58 bits per heavy atom. The number of ether oxygens (including phenoxy) is 1. The van der Waals surface area contributed by atoms with Crippen LogP contribution in [0, 0.1) is 0 Å². The van der Waals surface area contributed by atoms with E-state index in [0.29, 0.717) is 11.0 Å². The number of hydrogen-bond acceptors (Lipinski definition) is 5. The van der Waals surface area contributed by atoms with Gasteiger partial charge in [-0.3, -0.25) is 9.36 Å². The highest BCUT2D eigenvalue weighted by Gasteiger charge is 2.19. The first-order valence-electron chi connectivity index (χ1n) is 12.5. The first kappa shape index (κ1) is 25.5. The third-order valence-electron chi connectivity index (χ3n) is 6.20. The van der Waals surface area contributed by atoms with Crippen molar-refractivity contribution in [2.45, 2.75) is 37.9 Å². The lowest BCUT2D eigenvalue weighted by Crippen LogP contribution is -2.15. The van der Waals surface area contributed by atoms with Gasteiger partial charge in [-0.05, 0) is 46.7 Å². The van der Waals surface area contributed by atoms with Gasteiger partial charge in [-0.25, -0.2) is 0 Å². The van der Waals surface area contributed by atoms with Crippen molar-refractivity contribution in [2.75, 3.05) is 11.1 Å². The number of carbonyl (C=O) groups excluding carboxylic acids is 1. The Morgan fingerprint density at radius 3 is 2.34 bits per heavy atom. The van der Waals surface area contributed by atoms with Gasteiger partial charge in [0.25, 0.3) is 0 Å². The van der Waals surface area contributed by atoms with Gasteiger partial charge in [0.2, 0.25) is 5.91 Å². The van der Waals surface area contributed by atoms with E-state index in [9.17, 15) is 4.79 Å². The summed E-state index contributed by atoms with van der Waals surface area (Å²) in [4.78, 5) is 12.9. The molecule has 1 N–H and O–H groups in total. The Morgan fingerprint density at radius 1 is 0.868 bits per heavy atom. The van der Waals surface area contributed by atoms with Gasteiger partial charge in [-0.15, -0.1) is 10.2 Å². The van der Waals surface area contributed by atoms with Crippen molar-refractivity contribution in [3.63, 3.8) is 0 Å². The van der Waals surface area contributed by atoms with Crippen molar-refractivity contribution < 1.29 is 9.53 Å². The fraction of sp³-hybridized carbons (Fsp3) is 0.194. The second kappa shape index (κ2) is 11.1. The number of thioether (sulfide) groups is 1. The molecule has 0 saturated carbocycles. The summed E-state index contributed by atoms with van der Waals surface area (Å²) in [6, 6.07) is 31.9. The number of benzene rings is 4. The SMILES string of the molecule is CC(C)(C)c1ccc(-n2c(COc3ccccc3)nnc2SCC(=O)Nc2cccc3ccccc23)cc1. The van der Waals surface area contributed by atoms with Crippen LogP contribution in [0.5, 0.6) is 5.75 Å². The number of nitrogens with one attached hydrogen (secondary N) is 1. The largest absolute Gasteiger partial charge is 0.486 e. The topological polar surface area (TPSA) is 69.0 Å². The molecule has 0 spiro atoms. The molecule has 38 heavy (non-hydrogen) atoms. The molecule has 0 radical (unpaired) electrons. The molecule has 5 aromatic rings. The van der Waals surface area contributed by atoms with Crippen molar-refractivity contribution >= 4 is 34.1 Å². The molecular formula is C31H30N4O2S. The van der Waals surface area contributed by atoms with E-state index in [2.05, 4.69) is 60.6 Å². The number of amides is 1. The van der Waals surface area contributed by atoms with Gasteiger partial charge in [0.15, 0.2) is 11.0 Å². The number of hydrogen-bond donors (Lipinski definition) is 1. The molecule has 0 unspecified atom stereocenters. The summed E-state index contributed by atoms with van der Waals surface area (Å²) in [5, 5.41) is 14.6. The minimum Gasteiger partial charge on any atom is -0.486 e. The average molecular weight is 523 g/mol. The van der Waals surface area contributed by atoms with Crippen molar-refractivity contribution in [3.8, 4) is 11.4 Å². The second-order valence-corrected chi connectivity index (χ2v) is 10.9. The maximum Gasteiger partial charge on any atom is 0.234 e. The summed E-state index contributed by atoms with van der Waals surface area (Å²) < 4.78 is 7.94. The molecule has 7 heteroatoms. The van der Waals surface area contributed by atoms with Crippen LogP contribution in [0.3, 0.4) is 0 Å². The Hall–Kier alpha value is -4.10. The van der Waals surface area contributed by atoms with E-state index >= 15 is 0 Å². The number of anilines is 1. The summed E-state index contributed by atoms with van der Waals surface area (Å²) in [6.45, 7) is 6.82. The van der Waals surface area contributed by atoms with Gasteiger partial charge < -0.3 is 10.1 Å². The normalized spacial score (nSPS) is 11.4. The third-order valence-corrected chi connectivity index (χ3v) is 7.13. The van der Waals surface area contributed by atoms with Crippen molar-refractivity contribution in [3.05, 3.63) is 108 Å². The number of para-hydroxylation sites is 1. The molecule has 0 bridgehead atoms. The number of carbonyl (C=O) groups is 1. The van der Waals surface area contributed by atoms with Crippen LogP contribution in [0.1, 0.15) is 32.2 Å². The zero-order valence-corrected chi connectivity index (χ0v) is 22.5. The van der Waals surface area contributed by atoms with Crippen molar-refractivity contribution in [1.29, 1.82) is 0 Å². The van der Waals surface area contributed by atoms with E-state index in [4.69, 9.17) is 4.74 Å². The minimum atomic E-state index is -0.105. The predicted octanol–water partition coefficient (Wildman–Crippen LogP) is 7.03. The lowest BCUT2D eigenvalue weighted by molar-refractivity contribution is -0.113. The molecule has 4 aromatic carbocycles. The molecule has 0 aliphatic carbocycles. The quantitative estimate of drug-likeness (QED) is 0.222. The molecule has 5 rings (SSSR count). The standard InChI is InChI=1S/C31H30N4O2S/c1-31(2,3)23-16-18-24(19-17-23)35-28(20-37-25-12-5-4-6-13-25)33-34-30(35)38-21-29(36)32-27-15-9-11-22-10-7-8-14-26(22)27/h4-19H,20-21H2,1-3H3,(H,32,36). The Kier molecular flexibility index (Phi) is 7.47. The van der Waals surface area contributed by atoms with Crippen molar-refractivity contribution in [2.24, 2.45) is 0 Å². The fourth-order valence-electron chi connectivity index (χ4n) is 4.17. The van der Waals surface area contributed by atoms with Gasteiger partial charge in [0, 0.05) is 16.8 Å². The van der Waals surface area contributed by atoms with Gasteiger partial charge in [0.05, 0.1) is 5.75 Å². The van der Waals surface area contributed by atoms with Crippen LogP contribution in [0.2, 0.25) is 0 Å². The predicted molar refractivity (Wildman–Crippen MR) is 154 cm³/mol. The van der Waals surface area contributed by atoms with E-state index in [0.717, 1.165) is 27.9 Å². The zero-order valence-electron chi connectivity index (χ0n) is 21.7. The van der Waals surface area contributed by atoms with E-state index in [1.807, 2.05) is 77.4 Å². The van der Waals surface area contributed by atoms with Crippen LogP contribution in [-0.2, 0) is 16.8 Å². The zero-order chi connectivity index (χ0) is 26.5. The van der Waals surface area contributed by atoms with Crippen LogP contribution < -0.4 is 10.1 Å². The number of aromatic nitrogens is 3. The first-order valence-corrected chi connectivity index (χ1v) is 13.5. The molecule has 192 valence electrons. The smallest absolute Gasteiger partial charge is 0.234 e.